The summed E-state index contributed by atoms with van der Waals surface area (Å²) >= 11 is 0. The number of carboxylic acid groups (broad SMARTS) is 1. The van der Waals surface area contributed by atoms with Gasteiger partial charge in [-0.15, -0.1) is 0 Å². The minimum atomic E-state index is -1.04. The van der Waals surface area contributed by atoms with Crippen molar-refractivity contribution in [2.24, 2.45) is 23.2 Å². The second kappa shape index (κ2) is 4.61. The number of carbonyl (C=O) groups is 2. The SMILES string of the molecule is C=C(CC(=O)O)C(=O)OC1C2CC3CC(C2)CC1(C)C3. The van der Waals surface area contributed by atoms with E-state index in [1.165, 1.54) is 6.42 Å². The Hall–Kier alpha value is -1.32. The van der Waals surface area contributed by atoms with Crippen molar-refractivity contribution in [2.45, 2.75) is 51.6 Å². The van der Waals surface area contributed by atoms with Gasteiger partial charge in [-0.1, -0.05) is 13.5 Å². The van der Waals surface area contributed by atoms with Crippen molar-refractivity contribution in [3.05, 3.63) is 12.2 Å². The monoisotopic (exact) mass is 278 g/mol. The van der Waals surface area contributed by atoms with Crippen LogP contribution in [-0.2, 0) is 14.3 Å². The highest BCUT2D eigenvalue weighted by Gasteiger charge is 2.56. The van der Waals surface area contributed by atoms with Crippen molar-refractivity contribution in [1.82, 2.24) is 0 Å². The molecule has 3 atom stereocenters. The molecule has 4 bridgehead atoms. The molecule has 0 amide bonds. The Labute approximate surface area is 119 Å². The van der Waals surface area contributed by atoms with Crippen molar-refractivity contribution < 1.29 is 19.4 Å². The molecule has 0 radical (unpaired) electrons. The van der Waals surface area contributed by atoms with Crippen molar-refractivity contribution in [1.29, 1.82) is 0 Å². The van der Waals surface area contributed by atoms with Crippen LogP contribution >= 0.6 is 0 Å². The average Bonchev–Trinajstić information content (AvgIpc) is 2.31. The summed E-state index contributed by atoms with van der Waals surface area (Å²) < 4.78 is 5.69. The van der Waals surface area contributed by atoms with Gasteiger partial charge in [-0.25, -0.2) is 4.79 Å². The number of aliphatic carboxylic acids is 1. The first-order valence-electron chi connectivity index (χ1n) is 7.48. The highest BCUT2D eigenvalue weighted by atomic mass is 16.5. The molecule has 4 aliphatic carbocycles. The fourth-order valence-corrected chi connectivity index (χ4v) is 5.09. The average molecular weight is 278 g/mol. The van der Waals surface area contributed by atoms with E-state index in [9.17, 15) is 9.59 Å². The predicted molar refractivity (Wildman–Crippen MR) is 72.9 cm³/mol. The van der Waals surface area contributed by atoms with Crippen molar-refractivity contribution >= 4 is 11.9 Å². The third-order valence-corrected chi connectivity index (χ3v) is 5.45. The van der Waals surface area contributed by atoms with Crippen LogP contribution in [0.5, 0.6) is 0 Å². The van der Waals surface area contributed by atoms with Gasteiger partial charge in [-0.2, -0.15) is 0 Å². The molecule has 0 saturated heterocycles. The molecule has 0 aromatic carbocycles. The maximum absolute atomic E-state index is 12.0. The van der Waals surface area contributed by atoms with Gasteiger partial charge in [-0.3, -0.25) is 4.79 Å². The van der Waals surface area contributed by atoms with Crippen LogP contribution in [0.15, 0.2) is 12.2 Å². The Balaban J connectivity index is 1.70. The summed E-state index contributed by atoms with van der Waals surface area (Å²) in [5.41, 5.74) is 0.142. The second-order valence-electron chi connectivity index (χ2n) is 7.26. The van der Waals surface area contributed by atoms with Gasteiger partial charge in [-0.05, 0) is 49.9 Å². The molecule has 0 spiro atoms. The Morgan fingerprint density at radius 3 is 2.35 bits per heavy atom. The highest BCUT2D eigenvalue weighted by Crippen LogP contribution is 2.60. The zero-order chi connectivity index (χ0) is 14.5. The fourth-order valence-electron chi connectivity index (χ4n) is 5.09. The van der Waals surface area contributed by atoms with Crippen LogP contribution in [0.25, 0.3) is 0 Å². The smallest absolute Gasteiger partial charge is 0.334 e. The van der Waals surface area contributed by atoms with Crippen LogP contribution in [0.4, 0.5) is 0 Å². The van der Waals surface area contributed by atoms with Crippen LogP contribution in [0.3, 0.4) is 0 Å². The highest BCUT2D eigenvalue weighted by molar-refractivity contribution is 5.92. The van der Waals surface area contributed by atoms with Crippen LogP contribution in [0.1, 0.15) is 45.4 Å². The third-order valence-electron chi connectivity index (χ3n) is 5.45. The molecule has 4 heteroatoms. The van der Waals surface area contributed by atoms with Gasteiger partial charge >= 0.3 is 11.9 Å². The van der Waals surface area contributed by atoms with Gasteiger partial charge in [0.25, 0.3) is 0 Å². The summed E-state index contributed by atoms with van der Waals surface area (Å²) in [5.74, 6) is 0.506. The lowest BCUT2D eigenvalue weighted by Gasteiger charge is -2.59. The van der Waals surface area contributed by atoms with Gasteiger partial charge in [0.2, 0.25) is 0 Å². The fraction of sp³-hybridized carbons (Fsp3) is 0.750. The Bertz CT molecular complexity index is 453. The summed E-state index contributed by atoms with van der Waals surface area (Å²) in [4.78, 5) is 22.7. The number of carbonyl (C=O) groups excluding carboxylic acids is 1. The number of hydrogen-bond acceptors (Lipinski definition) is 3. The largest absolute Gasteiger partial charge is 0.481 e. The number of esters is 1. The standard InChI is InChI=1S/C16H22O4/c1-9(3-13(17)18)15(19)20-14-12-5-10-4-11(6-12)8-16(14,2)7-10/h10-12,14H,1,3-8H2,2H3,(H,17,18). The molecule has 4 fully saturated rings. The van der Waals surface area contributed by atoms with E-state index in [0.717, 1.165) is 37.5 Å². The molecule has 4 aliphatic rings. The zero-order valence-corrected chi connectivity index (χ0v) is 11.9. The van der Waals surface area contributed by atoms with E-state index in [-0.39, 0.29) is 23.5 Å². The molecule has 4 saturated carbocycles. The van der Waals surface area contributed by atoms with E-state index in [1.54, 1.807) is 0 Å². The predicted octanol–water partition coefficient (Wildman–Crippen LogP) is 2.78. The molecule has 1 N–H and O–H groups in total. The summed E-state index contributed by atoms with van der Waals surface area (Å²) in [6, 6.07) is 0. The van der Waals surface area contributed by atoms with E-state index < -0.39 is 11.9 Å². The minimum absolute atomic E-state index is 0.0478. The molecular formula is C16H22O4. The summed E-state index contributed by atoms with van der Waals surface area (Å²) in [5, 5.41) is 8.72. The minimum Gasteiger partial charge on any atom is -0.481 e. The van der Waals surface area contributed by atoms with Gasteiger partial charge < -0.3 is 9.84 Å². The van der Waals surface area contributed by atoms with Crippen molar-refractivity contribution in [3.63, 3.8) is 0 Å². The van der Waals surface area contributed by atoms with Crippen LogP contribution in [-0.4, -0.2) is 23.1 Å². The number of carboxylic acids is 1. The second-order valence-corrected chi connectivity index (χ2v) is 7.26. The van der Waals surface area contributed by atoms with Crippen molar-refractivity contribution in [3.8, 4) is 0 Å². The van der Waals surface area contributed by atoms with Gasteiger partial charge in [0, 0.05) is 11.0 Å². The molecule has 0 aromatic heterocycles. The van der Waals surface area contributed by atoms with Crippen LogP contribution in [0, 0.1) is 23.2 Å². The van der Waals surface area contributed by atoms with Crippen molar-refractivity contribution in [2.75, 3.05) is 0 Å². The zero-order valence-electron chi connectivity index (χ0n) is 11.9. The number of rotatable bonds is 4. The Kier molecular flexibility index (Phi) is 3.14. The third kappa shape index (κ3) is 2.25. The van der Waals surface area contributed by atoms with Gasteiger partial charge in [0.1, 0.15) is 6.10 Å². The first-order chi connectivity index (χ1) is 9.37. The Morgan fingerprint density at radius 2 is 1.85 bits per heavy atom. The van der Waals surface area contributed by atoms with E-state index in [0.29, 0.717) is 5.92 Å². The van der Waals surface area contributed by atoms with Gasteiger partial charge in [0.05, 0.1) is 6.42 Å². The first kappa shape index (κ1) is 13.7. The van der Waals surface area contributed by atoms with Crippen LogP contribution < -0.4 is 0 Å². The quantitative estimate of drug-likeness (QED) is 0.634. The molecule has 0 aliphatic heterocycles. The molecule has 0 aromatic rings. The molecular weight excluding hydrogens is 256 g/mol. The normalized spacial score (nSPS) is 41.5. The van der Waals surface area contributed by atoms with Crippen LogP contribution in [0.2, 0.25) is 0 Å². The summed E-state index contributed by atoms with van der Waals surface area (Å²) in [6.07, 6.45) is 5.57. The van der Waals surface area contributed by atoms with E-state index in [2.05, 4.69) is 13.5 Å². The Morgan fingerprint density at radius 1 is 1.25 bits per heavy atom. The topological polar surface area (TPSA) is 63.6 Å². The molecule has 4 nitrogen and oxygen atoms in total. The lowest BCUT2D eigenvalue weighted by molar-refractivity contribution is -0.186. The molecule has 4 rings (SSSR count). The molecule has 3 unspecified atom stereocenters. The maximum Gasteiger partial charge on any atom is 0.334 e. The summed E-state index contributed by atoms with van der Waals surface area (Å²) in [7, 11) is 0. The first-order valence-corrected chi connectivity index (χ1v) is 7.48. The molecule has 20 heavy (non-hydrogen) atoms. The summed E-state index contributed by atoms with van der Waals surface area (Å²) in [6.45, 7) is 5.78. The van der Waals surface area contributed by atoms with E-state index >= 15 is 0 Å². The van der Waals surface area contributed by atoms with Gasteiger partial charge in [0.15, 0.2) is 0 Å². The maximum atomic E-state index is 12.0. The number of hydrogen-bond donors (Lipinski definition) is 1. The van der Waals surface area contributed by atoms with E-state index in [1.807, 2.05) is 0 Å². The van der Waals surface area contributed by atoms with E-state index in [4.69, 9.17) is 9.84 Å². The lowest BCUT2D eigenvalue weighted by Crippen LogP contribution is -2.56. The molecule has 110 valence electrons. The molecule has 0 heterocycles. The number of ether oxygens (including phenoxy) is 1. The lowest BCUT2D eigenvalue weighted by atomic mass is 9.49.